The zero-order chi connectivity index (χ0) is 25.0. The summed E-state index contributed by atoms with van der Waals surface area (Å²) in [5.41, 5.74) is -1.13. The SMILES string of the molecule is N#CC1(NC(=O)[C@H](CS(=O)(=O)CCc2ccccn2)N[C@@H](c2ccc(F)cc2)C(F)(F)F)CC1. The standard InChI is InChI=1S/C22H22F4N4O3S/c23-16-6-4-15(5-7-16)19(22(24,25)26)29-18(20(31)30-21(14-27)9-10-21)13-34(32,33)12-8-17-3-1-2-11-28-17/h1-7,11,18-19,29H,8-10,12-13H2,(H,30,31)/t18-,19-/m0/s1. The van der Waals surface area contributed by atoms with Gasteiger partial charge in [-0.2, -0.15) is 18.4 Å². The Kier molecular flexibility index (Phi) is 7.57. The van der Waals surface area contributed by atoms with Gasteiger partial charge >= 0.3 is 6.18 Å². The van der Waals surface area contributed by atoms with Gasteiger partial charge in [0.2, 0.25) is 5.91 Å². The van der Waals surface area contributed by atoms with Gasteiger partial charge in [0.25, 0.3) is 0 Å². The van der Waals surface area contributed by atoms with Gasteiger partial charge in [-0.25, -0.2) is 12.8 Å². The molecule has 7 nitrogen and oxygen atoms in total. The Morgan fingerprint density at radius 3 is 2.38 bits per heavy atom. The minimum absolute atomic E-state index is 0.0142. The number of carbonyl (C=O) groups is 1. The number of hydrogen-bond acceptors (Lipinski definition) is 6. The number of sulfone groups is 1. The Labute approximate surface area is 194 Å². The van der Waals surface area contributed by atoms with E-state index >= 15 is 0 Å². The molecule has 2 N–H and O–H groups in total. The zero-order valence-electron chi connectivity index (χ0n) is 17.8. The van der Waals surface area contributed by atoms with Crippen molar-refractivity contribution in [3.8, 4) is 6.07 Å². The monoisotopic (exact) mass is 498 g/mol. The molecule has 1 aromatic carbocycles. The van der Waals surface area contributed by atoms with Crippen molar-refractivity contribution in [2.75, 3.05) is 11.5 Å². The van der Waals surface area contributed by atoms with Crippen molar-refractivity contribution in [2.24, 2.45) is 0 Å². The fraction of sp³-hybridized carbons (Fsp3) is 0.409. The minimum Gasteiger partial charge on any atom is -0.336 e. The number of nitrogens with zero attached hydrogens (tertiary/aromatic N) is 2. The maximum absolute atomic E-state index is 13.9. The number of nitrogens with one attached hydrogen (secondary N) is 2. The number of alkyl halides is 3. The first-order valence-corrected chi connectivity index (χ1v) is 12.2. The number of carbonyl (C=O) groups excluding carboxylic acids is 1. The van der Waals surface area contributed by atoms with Crippen LogP contribution in [-0.2, 0) is 21.1 Å². The summed E-state index contributed by atoms with van der Waals surface area (Å²) >= 11 is 0. The van der Waals surface area contributed by atoms with Gasteiger partial charge in [-0.05, 0) is 42.7 Å². The molecule has 3 rings (SSSR count). The smallest absolute Gasteiger partial charge is 0.336 e. The third-order valence-corrected chi connectivity index (χ3v) is 7.02. The first kappa shape index (κ1) is 25.6. The molecule has 1 aliphatic carbocycles. The first-order chi connectivity index (χ1) is 15.9. The lowest BCUT2D eigenvalue weighted by Crippen LogP contribution is -2.54. The normalized spacial score (nSPS) is 16.8. The van der Waals surface area contributed by atoms with Crippen molar-refractivity contribution in [1.82, 2.24) is 15.6 Å². The van der Waals surface area contributed by atoms with E-state index < -0.39 is 56.9 Å². The predicted octanol–water partition coefficient (Wildman–Crippen LogP) is 2.61. The van der Waals surface area contributed by atoms with E-state index in [4.69, 9.17) is 0 Å². The molecule has 182 valence electrons. The quantitative estimate of drug-likeness (QED) is 0.487. The number of aryl methyl sites for hydroxylation is 1. The molecule has 1 amide bonds. The summed E-state index contributed by atoms with van der Waals surface area (Å²) in [4.78, 5) is 16.8. The molecule has 1 aromatic heterocycles. The Morgan fingerprint density at radius 2 is 1.85 bits per heavy atom. The largest absolute Gasteiger partial charge is 0.407 e. The maximum atomic E-state index is 13.9. The minimum atomic E-state index is -4.92. The molecule has 0 saturated heterocycles. The van der Waals surface area contributed by atoms with E-state index in [1.54, 1.807) is 18.2 Å². The average molecular weight is 499 g/mol. The van der Waals surface area contributed by atoms with Gasteiger partial charge in [0.05, 0.1) is 17.6 Å². The molecular formula is C22H22F4N4O3S. The highest BCUT2D eigenvalue weighted by Gasteiger charge is 2.48. The first-order valence-electron chi connectivity index (χ1n) is 10.3. The number of amides is 1. The van der Waals surface area contributed by atoms with Crippen LogP contribution in [0, 0.1) is 17.1 Å². The van der Waals surface area contributed by atoms with E-state index in [-0.39, 0.29) is 12.0 Å². The number of halogens is 4. The van der Waals surface area contributed by atoms with Crippen LogP contribution in [0.4, 0.5) is 17.6 Å². The summed E-state index contributed by atoms with van der Waals surface area (Å²) in [6, 6.07) is 6.05. The zero-order valence-corrected chi connectivity index (χ0v) is 18.7. The Hall–Kier alpha value is -3.04. The van der Waals surface area contributed by atoms with Crippen LogP contribution in [0.25, 0.3) is 0 Å². The van der Waals surface area contributed by atoms with Crippen LogP contribution in [0.5, 0.6) is 0 Å². The van der Waals surface area contributed by atoms with E-state index in [0.29, 0.717) is 18.5 Å². The molecule has 1 heterocycles. The van der Waals surface area contributed by atoms with Gasteiger partial charge in [0, 0.05) is 18.3 Å². The molecule has 12 heteroatoms. The average Bonchev–Trinajstić information content (AvgIpc) is 3.56. The predicted molar refractivity (Wildman–Crippen MR) is 114 cm³/mol. The Morgan fingerprint density at radius 1 is 1.18 bits per heavy atom. The van der Waals surface area contributed by atoms with Crippen LogP contribution in [0.15, 0.2) is 48.7 Å². The molecule has 1 aliphatic rings. The molecule has 0 spiro atoms. The molecule has 0 radical (unpaired) electrons. The highest BCUT2D eigenvalue weighted by Crippen LogP contribution is 2.35. The van der Waals surface area contributed by atoms with Crippen molar-refractivity contribution in [1.29, 1.82) is 5.26 Å². The summed E-state index contributed by atoms with van der Waals surface area (Å²) in [5, 5.41) is 13.7. The summed E-state index contributed by atoms with van der Waals surface area (Å²) < 4.78 is 80.3. The number of benzene rings is 1. The van der Waals surface area contributed by atoms with Crippen LogP contribution in [0.3, 0.4) is 0 Å². The summed E-state index contributed by atoms with van der Waals surface area (Å²) in [6.07, 6.45) is -2.79. The van der Waals surface area contributed by atoms with Crippen molar-refractivity contribution in [3.63, 3.8) is 0 Å². The molecule has 1 saturated carbocycles. The maximum Gasteiger partial charge on any atom is 0.407 e. The highest BCUT2D eigenvalue weighted by molar-refractivity contribution is 7.91. The van der Waals surface area contributed by atoms with Crippen LogP contribution in [0.1, 0.15) is 30.1 Å². The summed E-state index contributed by atoms with van der Waals surface area (Å²) in [5.74, 6) is -3.15. The van der Waals surface area contributed by atoms with Gasteiger partial charge in [-0.15, -0.1) is 0 Å². The van der Waals surface area contributed by atoms with Crippen molar-refractivity contribution in [3.05, 3.63) is 65.7 Å². The fourth-order valence-corrected chi connectivity index (χ4v) is 4.73. The van der Waals surface area contributed by atoms with E-state index in [1.165, 1.54) is 6.20 Å². The second kappa shape index (κ2) is 10.1. The Bertz CT molecular complexity index is 1150. The molecular weight excluding hydrogens is 476 g/mol. The van der Waals surface area contributed by atoms with Gasteiger partial charge in [0.15, 0.2) is 9.84 Å². The number of pyridine rings is 1. The lowest BCUT2D eigenvalue weighted by molar-refractivity contribution is -0.160. The number of hydrogen-bond donors (Lipinski definition) is 2. The number of rotatable bonds is 10. The lowest BCUT2D eigenvalue weighted by atomic mass is 10.0. The van der Waals surface area contributed by atoms with Gasteiger partial charge in [-0.1, -0.05) is 18.2 Å². The van der Waals surface area contributed by atoms with Crippen molar-refractivity contribution < 1.29 is 30.8 Å². The Balaban J connectivity index is 1.83. The van der Waals surface area contributed by atoms with E-state index in [0.717, 1.165) is 24.3 Å². The third-order valence-electron chi connectivity index (χ3n) is 5.36. The molecule has 0 unspecified atom stereocenters. The van der Waals surface area contributed by atoms with E-state index in [2.05, 4.69) is 15.6 Å². The van der Waals surface area contributed by atoms with Crippen LogP contribution in [-0.4, -0.2) is 48.6 Å². The van der Waals surface area contributed by atoms with E-state index in [9.17, 15) is 36.0 Å². The van der Waals surface area contributed by atoms with Crippen LogP contribution < -0.4 is 10.6 Å². The second-order valence-corrected chi connectivity index (χ2v) is 10.3. The third kappa shape index (κ3) is 6.98. The number of nitriles is 1. The van der Waals surface area contributed by atoms with Gasteiger partial charge in [0.1, 0.15) is 23.4 Å². The van der Waals surface area contributed by atoms with Crippen molar-refractivity contribution in [2.45, 2.75) is 43.1 Å². The summed E-state index contributed by atoms with van der Waals surface area (Å²) in [6.45, 7) is 0. The topological polar surface area (TPSA) is 112 Å². The number of aromatic nitrogens is 1. The lowest BCUT2D eigenvalue weighted by Gasteiger charge is -2.28. The second-order valence-electron chi connectivity index (χ2n) is 8.11. The summed E-state index contributed by atoms with van der Waals surface area (Å²) in [7, 11) is -4.02. The van der Waals surface area contributed by atoms with Crippen LogP contribution >= 0.6 is 0 Å². The molecule has 34 heavy (non-hydrogen) atoms. The molecule has 2 atom stereocenters. The van der Waals surface area contributed by atoms with Gasteiger partial charge < -0.3 is 5.32 Å². The highest BCUT2D eigenvalue weighted by atomic mass is 32.2. The van der Waals surface area contributed by atoms with E-state index in [1.807, 2.05) is 6.07 Å². The molecule has 2 aromatic rings. The van der Waals surface area contributed by atoms with Crippen LogP contribution in [0.2, 0.25) is 0 Å². The van der Waals surface area contributed by atoms with Crippen molar-refractivity contribution >= 4 is 15.7 Å². The fourth-order valence-electron chi connectivity index (χ4n) is 3.29. The molecule has 0 aliphatic heterocycles. The van der Waals surface area contributed by atoms with Gasteiger partial charge in [-0.3, -0.25) is 15.1 Å². The molecule has 1 fully saturated rings. The molecule has 0 bridgehead atoms.